The smallest absolute Gasteiger partial charge is 0.241 e. The van der Waals surface area contributed by atoms with Gasteiger partial charge in [0.2, 0.25) is 10.0 Å². The normalized spacial score (nSPS) is 24.8. The molecule has 1 aliphatic heterocycles. The van der Waals surface area contributed by atoms with E-state index in [9.17, 15) is 8.42 Å². The van der Waals surface area contributed by atoms with Crippen LogP contribution in [0.1, 0.15) is 43.2 Å². The van der Waals surface area contributed by atoms with Crippen molar-refractivity contribution in [3.05, 3.63) is 29.3 Å². The number of piperidine rings is 1. The van der Waals surface area contributed by atoms with Crippen LogP contribution in [0, 0.1) is 13.8 Å². The summed E-state index contributed by atoms with van der Waals surface area (Å²) in [6, 6.07) is 5.64. The molecule has 5 heteroatoms. The van der Waals surface area contributed by atoms with Gasteiger partial charge in [-0.3, -0.25) is 0 Å². The minimum absolute atomic E-state index is 0.0523. The van der Waals surface area contributed by atoms with Gasteiger partial charge in [-0.2, -0.15) is 0 Å². The highest BCUT2D eigenvalue weighted by atomic mass is 32.2. The number of hydrogen-bond donors (Lipinski definition) is 2. The summed E-state index contributed by atoms with van der Waals surface area (Å²) in [4.78, 5) is 0.420. The van der Waals surface area contributed by atoms with Gasteiger partial charge in [-0.15, -0.1) is 0 Å². The van der Waals surface area contributed by atoms with Gasteiger partial charge in [0.15, 0.2) is 0 Å². The first-order valence-corrected chi connectivity index (χ1v) is 9.23. The Balaban J connectivity index is 1.78. The van der Waals surface area contributed by atoms with E-state index in [1.165, 1.54) is 19.3 Å². The first-order chi connectivity index (χ1) is 9.90. The monoisotopic (exact) mass is 308 g/mol. The third-order valence-corrected chi connectivity index (χ3v) is 6.56. The molecule has 1 atom stereocenters. The van der Waals surface area contributed by atoms with Crippen molar-refractivity contribution in [2.45, 2.75) is 62.4 Å². The molecule has 2 N–H and O–H groups in total. The van der Waals surface area contributed by atoms with E-state index in [4.69, 9.17) is 0 Å². The van der Waals surface area contributed by atoms with Gasteiger partial charge in [0.05, 0.1) is 4.90 Å². The molecule has 1 heterocycles. The predicted molar refractivity (Wildman–Crippen MR) is 83.8 cm³/mol. The molecule has 1 aromatic carbocycles. The predicted octanol–water partition coefficient (Wildman–Crippen LogP) is 2.26. The van der Waals surface area contributed by atoms with Gasteiger partial charge < -0.3 is 5.32 Å². The third kappa shape index (κ3) is 3.00. The van der Waals surface area contributed by atoms with Crippen molar-refractivity contribution < 1.29 is 8.42 Å². The molecule has 0 radical (unpaired) electrons. The maximum Gasteiger partial charge on any atom is 0.241 e. The first-order valence-electron chi connectivity index (χ1n) is 7.75. The summed E-state index contributed by atoms with van der Waals surface area (Å²) >= 11 is 0. The Labute approximate surface area is 127 Å². The molecular weight excluding hydrogens is 284 g/mol. The van der Waals surface area contributed by atoms with E-state index in [0.717, 1.165) is 30.5 Å². The Morgan fingerprint density at radius 3 is 2.71 bits per heavy atom. The van der Waals surface area contributed by atoms with E-state index >= 15 is 0 Å². The van der Waals surface area contributed by atoms with Crippen LogP contribution in [0.4, 0.5) is 0 Å². The molecule has 0 aromatic heterocycles. The minimum atomic E-state index is -3.43. The SMILES string of the molecule is Cc1ccc(C)c(S(=O)(=O)NC2CCNC3(CCC3)C2)c1. The average molecular weight is 308 g/mol. The lowest BCUT2D eigenvalue weighted by Gasteiger charge is -2.48. The summed E-state index contributed by atoms with van der Waals surface area (Å²) in [5.74, 6) is 0. The van der Waals surface area contributed by atoms with Crippen LogP contribution in [-0.4, -0.2) is 26.5 Å². The molecule has 1 aliphatic carbocycles. The van der Waals surface area contributed by atoms with Crippen LogP contribution >= 0.6 is 0 Å². The van der Waals surface area contributed by atoms with Crippen molar-refractivity contribution in [3.63, 3.8) is 0 Å². The summed E-state index contributed by atoms with van der Waals surface area (Å²) < 4.78 is 28.3. The number of rotatable bonds is 3. The minimum Gasteiger partial charge on any atom is -0.311 e. The Morgan fingerprint density at radius 1 is 1.29 bits per heavy atom. The Hall–Kier alpha value is -0.910. The quantitative estimate of drug-likeness (QED) is 0.900. The van der Waals surface area contributed by atoms with Crippen molar-refractivity contribution in [2.75, 3.05) is 6.54 Å². The fourth-order valence-electron chi connectivity index (χ4n) is 3.52. The van der Waals surface area contributed by atoms with Crippen molar-refractivity contribution in [2.24, 2.45) is 0 Å². The number of hydrogen-bond acceptors (Lipinski definition) is 3. The molecular formula is C16H24N2O2S. The molecule has 4 nitrogen and oxygen atoms in total. The van der Waals surface area contributed by atoms with E-state index in [1.54, 1.807) is 6.07 Å². The molecule has 1 unspecified atom stereocenters. The van der Waals surface area contributed by atoms with Crippen LogP contribution in [0.3, 0.4) is 0 Å². The fourth-order valence-corrected chi connectivity index (χ4v) is 5.12. The maximum absolute atomic E-state index is 12.7. The molecule has 1 saturated carbocycles. The number of benzene rings is 1. The number of nitrogens with one attached hydrogen (secondary N) is 2. The standard InChI is InChI=1S/C16H24N2O2S/c1-12-4-5-13(2)15(10-12)21(19,20)18-14-6-9-17-16(11-14)7-3-8-16/h4-5,10,14,17-18H,3,6-9,11H2,1-2H3. The second-order valence-electron chi connectivity index (χ2n) is 6.64. The molecule has 0 bridgehead atoms. The van der Waals surface area contributed by atoms with Gasteiger partial charge in [0.1, 0.15) is 0 Å². The second kappa shape index (κ2) is 5.38. The number of aryl methyl sites for hydroxylation is 2. The van der Waals surface area contributed by atoms with Gasteiger partial charge in [-0.25, -0.2) is 13.1 Å². The molecule has 3 rings (SSSR count). The summed E-state index contributed by atoms with van der Waals surface area (Å²) in [5.41, 5.74) is 1.98. The van der Waals surface area contributed by atoms with Gasteiger partial charge in [0.25, 0.3) is 0 Å². The van der Waals surface area contributed by atoms with Crippen molar-refractivity contribution in [1.29, 1.82) is 0 Å². The Morgan fingerprint density at radius 2 is 2.05 bits per heavy atom. The second-order valence-corrected chi connectivity index (χ2v) is 8.32. The Bertz CT molecular complexity index is 636. The molecule has 116 valence electrons. The van der Waals surface area contributed by atoms with E-state index < -0.39 is 10.0 Å². The molecule has 21 heavy (non-hydrogen) atoms. The molecule has 1 spiro atoms. The van der Waals surface area contributed by atoms with E-state index in [-0.39, 0.29) is 11.6 Å². The zero-order chi connectivity index (χ0) is 15.1. The Kier molecular flexibility index (Phi) is 3.84. The van der Waals surface area contributed by atoms with Crippen molar-refractivity contribution in [3.8, 4) is 0 Å². The fraction of sp³-hybridized carbons (Fsp3) is 0.625. The summed E-state index contributed by atoms with van der Waals surface area (Å²) in [6.07, 6.45) is 5.38. The molecule has 0 amide bonds. The zero-order valence-corrected chi connectivity index (χ0v) is 13.6. The lowest BCUT2D eigenvalue weighted by Crippen LogP contribution is -2.59. The largest absolute Gasteiger partial charge is 0.311 e. The van der Waals surface area contributed by atoms with Crippen molar-refractivity contribution in [1.82, 2.24) is 10.0 Å². The van der Waals surface area contributed by atoms with Gasteiger partial charge in [0, 0.05) is 11.6 Å². The van der Waals surface area contributed by atoms with Gasteiger partial charge >= 0.3 is 0 Å². The van der Waals surface area contributed by atoms with Crippen LogP contribution in [0.5, 0.6) is 0 Å². The highest BCUT2D eigenvalue weighted by Crippen LogP contribution is 2.38. The average Bonchev–Trinajstić information content (AvgIpc) is 2.39. The lowest BCUT2D eigenvalue weighted by molar-refractivity contribution is 0.126. The topological polar surface area (TPSA) is 58.2 Å². The molecule has 2 aliphatic rings. The zero-order valence-electron chi connectivity index (χ0n) is 12.8. The van der Waals surface area contributed by atoms with Gasteiger partial charge in [-0.1, -0.05) is 12.1 Å². The summed E-state index contributed by atoms with van der Waals surface area (Å²) in [6.45, 7) is 4.68. The van der Waals surface area contributed by atoms with Crippen LogP contribution in [0.15, 0.2) is 23.1 Å². The van der Waals surface area contributed by atoms with Crippen molar-refractivity contribution >= 4 is 10.0 Å². The molecule has 1 aromatic rings. The van der Waals surface area contributed by atoms with Crippen LogP contribution in [0.25, 0.3) is 0 Å². The maximum atomic E-state index is 12.7. The highest BCUT2D eigenvalue weighted by molar-refractivity contribution is 7.89. The van der Waals surface area contributed by atoms with E-state index in [2.05, 4.69) is 10.0 Å². The van der Waals surface area contributed by atoms with E-state index in [0.29, 0.717) is 4.90 Å². The van der Waals surface area contributed by atoms with Crippen LogP contribution in [-0.2, 0) is 10.0 Å². The molecule has 1 saturated heterocycles. The van der Waals surface area contributed by atoms with E-state index in [1.807, 2.05) is 26.0 Å². The summed E-state index contributed by atoms with van der Waals surface area (Å²) in [7, 11) is -3.43. The highest BCUT2D eigenvalue weighted by Gasteiger charge is 2.41. The van der Waals surface area contributed by atoms with Crippen LogP contribution < -0.4 is 10.0 Å². The third-order valence-electron chi connectivity index (χ3n) is 4.90. The summed E-state index contributed by atoms with van der Waals surface area (Å²) in [5, 5.41) is 3.57. The van der Waals surface area contributed by atoms with Crippen LogP contribution in [0.2, 0.25) is 0 Å². The van der Waals surface area contributed by atoms with Gasteiger partial charge in [-0.05, 0) is 69.7 Å². The first kappa shape index (κ1) is 15.0. The lowest BCUT2D eigenvalue weighted by atomic mass is 9.70. The molecule has 2 fully saturated rings. The number of sulfonamides is 1.